The Labute approximate surface area is 246 Å². The summed E-state index contributed by atoms with van der Waals surface area (Å²) >= 11 is 12.3. The predicted octanol–water partition coefficient (Wildman–Crippen LogP) is 2.17. The maximum Gasteiger partial charge on any atom is 0.230 e. The fourth-order valence-electron chi connectivity index (χ4n) is 6.94. The number of aromatic hydroxyl groups is 1. The minimum absolute atomic E-state index is 0.00201. The van der Waals surface area contributed by atoms with Crippen molar-refractivity contribution < 1.29 is 34.8 Å². The molecule has 2 aromatic carbocycles. The summed E-state index contributed by atoms with van der Waals surface area (Å²) in [6.07, 6.45) is -1.31. The molecule has 6 N–H and O–H groups in total. The third-order valence-electron chi connectivity index (χ3n) is 8.78. The van der Waals surface area contributed by atoms with Crippen molar-refractivity contribution in [1.82, 2.24) is 4.90 Å². The van der Waals surface area contributed by atoms with E-state index in [1.54, 1.807) is 57.4 Å². The number of anilines is 1. The molecule has 2 aromatic rings. The number of fused-ring (bicyclic) bond motifs is 3. The second kappa shape index (κ2) is 9.99. The highest BCUT2D eigenvalue weighted by Gasteiger charge is 2.67. The summed E-state index contributed by atoms with van der Waals surface area (Å²) in [4.78, 5) is 43.2. The number of carbonyl (C=O) groups excluding carboxylic acids is 3. The van der Waals surface area contributed by atoms with Crippen LogP contribution in [-0.2, 0) is 20.8 Å². The summed E-state index contributed by atoms with van der Waals surface area (Å²) in [5.41, 5.74) is 4.56. The van der Waals surface area contributed by atoms with Crippen LogP contribution in [0.4, 0.5) is 5.69 Å². The first-order valence-corrected chi connectivity index (χ1v) is 13.8. The molecule has 2 unspecified atom stereocenters. The van der Waals surface area contributed by atoms with Crippen LogP contribution in [0.5, 0.6) is 5.75 Å². The molecule has 0 heterocycles. The van der Waals surface area contributed by atoms with Gasteiger partial charge in [-0.2, -0.15) is 0 Å². The third-order valence-corrected chi connectivity index (χ3v) is 9.52. The monoisotopic (exact) mass is 603 g/mol. The number of rotatable bonds is 4. The second-order valence-corrected chi connectivity index (χ2v) is 12.3. The molecule has 218 valence electrons. The number of carbonyl (C=O) groups is 3. The Morgan fingerprint density at radius 3 is 2.29 bits per heavy atom. The number of ketones is 2. The van der Waals surface area contributed by atoms with Gasteiger partial charge in [0.25, 0.3) is 0 Å². The zero-order valence-corrected chi connectivity index (χ0v) is 24.4. The van der Waals surface area contributed by atoms with Crippen molar-refractivity contribution in [1.29, 1.82) is 0 Å². The smallest absolute Gasteiger partial charge is 0.230 e. The maximum atomic E-state index is 14.1. The Balaban J connectivity index is 1.74. The predicted molar refractivity (Wildman–Crippen MR) is 154 cm³/mol. The molecular weight excluding hydrogens is 573 g/mol. The van der Waals surface area contributed by atoms with Crippen LogP contribution in [0, 0.1) is 17.8 Å². The van der Waals surface area contributed by atoms with Crippen molar-refractivity contribution >= 4 is 52.1 Å². The van der Waals surface area contributed by atoms with Crippen molar-refractivity contribution in [3.63, 3.8) is 0 Å². The van der Waals surface area contributed by atoms with E-state index in [-0.39, 0.29) is 34.8 Å². The number of aliphatic hydroxyl groups is 3. The van der Waals surface area contributed by atoms with Gasteiger partial charge >= 0.3 is 0 Å². The standard InChI is InChI=1S/C29H31Cl2N3O7/c1-33(2)18-10-13(11-5-6-16(30)17(31)9-11)23(35)20-14(18)7-12-8-15-22(34(3)4)25(37)21(28(32)40)27(39)29(15,41)26(38)19(12)24(20)36/h5-6,9-10,12,15,21-22,25,35-37,41H,7-8H2,1-4H3,(H2,32,40)/t12-,15-,21?,22-,25?,29-/m0/s1. The van der Waals surface area contributed by atoms with Crippen LogP contribution in [0.1, 0.15) is 17.5 Å². The van der Waals surface area contributed by atoms with Gasteiger partial charge in [-0.05, 0) is 62.2 Å². The summed E-state index contributed by atoms with van der Waals surface area (Å²) in [6, 6.07) is 5.59. The van der Waals surface area contributed by atoms with Crippen LogP contribution in [-0.4, -0.2) is 88.7 Å². The lowest BCUT2D eigenvalue weighted by atomic mass is 9.54. The lowest BCUT2D eigenvalue weighted by Crippen LogP contribution is -2.73. The Hall–Kier alpha value is -3.15. The van der Waals surface area contributed by atoms with E-state index in [0.29, 0.717) is 27.4 Å². The molecule has 0 saturated heterocycles. The van der Waals surface area contributed by atoms with Gasteiger partial charge in [-0.25, -0.2) is 0 Å². The number of Topliss-reactive ketones (excluding diaryl/α,β-unsaturated/α-hetero) is 2. The van der Waals surface area contributed by atoms with Crippen LogP contribution >= 0.6 is 23.2 Å². The summed E-state index contributed by atoms with van der Waals surface area (Å²) in [5.74, 6) is -7.87. The van der Waals surface area contributed by atoms with E-state index in [1.165, 1.54) is 0 Å². The molecule has 0 radical (unpaired) electrons. The van der Waals surface area contributed by atoms with Gasteiger partial charge in [0.15, 0.2) is 11.4 Å². The summed E-state index contributed by atoms with van der Waals surface area (Å²) in [6.45, 7) is 0. The number of phenolic OH excluding ortho intramolecular Hbond substituents is 1. The van der Waals surface area contributed by atoms with E-state index in [9.17, 15) is 34.8 Å². The number of nitrogens with zero attached hydrogens (tertiary/aromatic N) is 2. The summed E-state index contributed by atoms with van der Waals surface area (Å²) in [5, 5.41) is 46.5. The van der Waals surface area contributed by atoms with Gasteiger partial charge in [-0.15, -0.1) is 0 Å². The largest absolute Gasteiger partial charge is 0.507 e. The van der Waals surface area contributed by atoms with Crippen LogP contribution in [0.3, 0.4) is 0 Å². The Morgan fingerprint density at radius 1 is 1.07 bits per heavy atom. The number of aliphatic hydroxyl groups excluding tert-OH is 2. The number of halogens is 2. The Bertz CT molecular complexity index is 1540. The average Bonchev–Trinajstić information content (AvgIpc) is 2.87. The van der Waals surface area contributed by atoms with Gasteiger partial charge in [0.1, 0.15) is 17.4 Å². The number of amides is 1. The number of benzene rings is 2. The topological polar surface area (TPSA) is 165 Å². The highest BCUT2D eigenvalue weighted by molar-refractivity contribution is 6.42. The van der Waals surface area contributed by atoms with Gasteiger partial charge in [0.2, 0.25) is 11.7 Å². The number of hydrogen-bond acceptors (Lipinski definition) is 9. The summed E-state index contributed by atoms with van der Waals surface area (Å²) in [7, 11) is 6.82. The number of likely N-dealkylation sites (N-methyl/N-ethyl adjacent to an activating group) is 1. The van der Waals surface area contributed by atoms with Crippen LogP contribution < -0.4 is 10.6 Å². The van der Waals surface area contributed by atoms with Gasteiger partial charge in [0.05, 0.1) is 21.7 Å². The van der Waals surface area contributed by atoms with Crippen molar-refractivity contribution in [3.8, 4) is 16.9 Å². The third kappa shape index (κ3) is 4.15. The molecule has 12 heteroatoms. The molecule has 1 amide bonds. The molecule has 0 bridgehead atoms. The molecular formula is C29H31Cl2N3O7. The fraction of sp³-hybridized carbons (Fsp3) is 0.414. The number of nitrogens with two attached hydrogens (primary N) is 1. The number of phenols is 1. The highest BCUT2D eigenvalue weighted by Crippen LogP contribution is 2.54. The average molecular weight is 604 g/mol. The highest BCUT2D eigenvalue weighted by atomic mass is 35.5. The van der Waals surface area contributed by atoms with Crippen molar-refractivity contribution in [2.75, 3.05) is 33.1 Å². The lowest BCUT2D eigenvalue weighted by molar-refractivity contribution is -0.184. The zero-order chi connectivity index (χ0) is 30.3. The molecule has 0 aromatic heterocycles. The number of primary amides is 1. The first kappa shape index (κ1) is 29.3. The zero-order valence-electron chi connectivity index (χ0n) is 22.9. The van der Waals surface area contributed by atoms with Crippen molar-refractivity contribution in [2.24, 2.45) is 23.5 Å². The molecule has 3 aliphatic carbocycles. The van der Waals surface area contributed by atoms with E-state index < -0.39 is 58.7 Å². The molecule has 0 spiro atoms. The Kier molecular flexibility index (Phi) is 7.15. The molecule has 0 aliphatic heterocycles. The fourth-order valence-corrected chi connectivity index (χ4v) is 7.23. The van der Waals surface area contributed by atoms with Crippen molar-refractivity contribution in [2.45, 2.75) is 30.6 Å². The molecule has 3 aliphatic rings. The maximum absolute atomic E-state index is 14.1. The quantitative estimate of drug-likeness (QED) is 0.329. The van der Waals surface area contributed by atoms with Crippen LogP contribution in [0.15, 0.2) is 29.8 Å². The Morgan fingerprint density at radius 2 is 1.73 bits per heavy atom. The first-order chi connectivity index (χ1) is 19.1. The van der Waals surface area contributed by atoms with Gasteiger partial charge < -0.3 is 36.0 Å². The van der Waals surface area contributed by atoms with E-state index in [4.69, 9.17) is 28.9 Å². The lowest BCUT2D eigenvalue weighted by Gasteiger charge is -2.53. The first-order valence-electron chi connectivity index (χ1n) is 13.0. The minimum atomic E-state index is -2.72. The van der Waals surface area contributed by atoms with E-state index in [2.05, 4.69) is 0 Å². The SMILES string of the molecule is CN(C)c1cc(-c2ccc(Cl)c(Cl)c2)c(O)c2c1C[C@H]1C[C@H]3[C@H](N(C)C)C(O)C(C(N)=O)C(=O)[C@@]3(O)C(=O)C1=C2O. The van der Waals surface area contributed by atoms with E-state index >= 15 is 0 Å². The molecule has 6 atom stereocenters. The number of hydrogen-bond donors (Lipinski definition) is 5. The van der Waals surface area contributed by atoms with Gasteiger partial charge in [-0.1, -0.05) is 29.3 Å². The summed E-state index contributed by atoms with van der Waals surface area (Å²) < 4.78 is 0. The van der Waals surface area contributed by atoms with Gasteiger partial charge in [-0.3, -0.25) is 14.4 Å². The molecule has 2 fully saturated rings. The van der Waals surface area contributed by atoms with Gasteiger partial charge in [0, 0.05) is 42.9 Å². The molecule has 10 nitrogen and oxygen atoms in total. The van der Waals surface area contributed by atoms with Crippen molar-refractivity contribution in [3.05, 3.63) is 51.0 Å². The minimum Gasteiger partial charge on any atom is -0.507 e. The molecule has 5 rings (SSSR count). The van der Waals surface area contributed by atoms with Crippen LogP contribution in [0.25, 0.3) is 16.9 Å². The molecule has 2 saturated carbocycles. The second-order valence-electron chi connectivity index (χ2n) is 11.5. The molecule has 41 heavy (non-hydrogen) atoms. The van der Waals surface area contributed by atoms with Crippen LogP contribution in [0.2, 0.25) is 10.0 Å². The normalized spacial score (nSPS) is 29.2. The van der Waals surface area contributed by atoms with E-state index in [1.807, 2.05) is 4.90 Å². The van der Waals surface area contributed by atoms with E-state index in [0.717, 1.165) is 0 Å².